The Morgan fingerprint density at radius 2 is 2.07 bits per heavy atom. The Hall–Kier alpha value is -0.0000000000000000555. The number of aromatic nitrogens is 1. The summed E-state index contributed by atoms with van der Waals surface area (Å²) in [6.07, 6.45) is -0.779. The Kier molecular flexibility index (Phi) is 4.47. The number of hydrogen-bond acceptors (Lipinski definition) is 4. The zero-order valence-electron chi connectivity index (χ0n) is 7.06. The van der Waals surface area contributed by atoms with Crippen LogP contribution in [0.15, 0.2) is 12.3 Å². The van der Waals surface area contributed by atoms with Crippen molar-refractivity contribution in [2.45, 2.75) is 12.2 Å². The number of nitrogens with zero attached hydrogens (tertiary/aromatic N) is 1. The third-order valence-electron chi connectivity index (χ3n) is 1.67. The number of thiol groups is 1. The lowest BCUT2D eigenvalue weighted by Gasteiger charge is -2.16. The maximum atomic E-state index is 9.57. The van der Waals surface area contributed by atoms with Crippen molar-refractivity contribution in [3.8, 4) is 0 Å². The Morgan fingerprint density at radius 1 is 1.43 bits per heavy atom. The van der Waals surface area contributed by atoms with Gasteiger partial charge in [-0.05, 0) is 6.07 Å². The van der Waals surface area contributed by atoms with Crippen molar-refractivity contribution in [3.05, 3.63) is 28.0 Å². The van der Waals surface area contributed by atoms with Crippen molar-refractivity contribution in [2.75, 3.05) is 5.75 Å². The van der Waals surface area contributed by atoms with E-state index >= 15 is 0 Å². The van der Waals surface area contributed by atoms with Crippen LogP contribution in [0.5, 0.6) is 0 Å². The molecule has 0 bridgehead atoms. The summed E-state index contributed by atoms with van der Waals surface area (Å²) >= 11 is 15.3. The maximum Gasteiger partial charge on any atom is 0.124 e. The van der Waals surface area contributed by atoms with Crippen LogP contribution in [0.4, 0.5) is 0 Å². The molecule has 0 saturated heterocycles. The fourth-order valence-electron chi connectivity index (χ4n) is 0.925. The predicted molar refractivity (Wildman–Crippen MR) is 59.1 cm³/mol. The first-order valence-electron chi connectivity index (χ1n) is 3.84. The van der Waals surface area contributed by atoms with Gasteiger partial charge in [-0.3, -0.25) is 4.98 Å². The molecule has 1 heterocycles. The minimum Gasteiger partial charge on any atom is -0.389 e. The highest BCUT2D eigenvalue weighted by Crippen LogP contribution is 2.25. The molecule has 0 amide bonds. The van der Waals surface area contributed by atoms with Gasteiger partial charge in [-0.25, -0.2) is 0 Å². The lowest BCUT2D eigenvalue weighted by atomic mass is 10.1. The molecule has 78 valence electrons. The van der Waals surface area contributed by atoms with E-state index in [2.05, 4.69) is 17.6 Å². The molecule has 0 spiro atoms. The topological polar surface area (TPSA) is 53.4 Å². The van der Waals surface area contributed by atoms with Crippen molar-refractivity contribution in [1.82, 2.24) is 4.98 Å². The molecule has 2 unspecified atom stereocenters. The second-order valence-corrected chi connectivity index (χ2v) is 3.92. The Balaban J connectivity index is 2.95. The molecule has 2 atom stereocenters. The third-order valence-corrected chi connectivity index (χ3v) is 2.55. The fourth-order valence-corrected chi connectivity index (χ4v) is 1.62. The number of aliphatic hydroxyl groups excluding tert-OH is 2. The van der Waals surface area contributed by atoms with Crippen LogP contribution in [0.25, 0.3) is 0 Å². The van der Waals surface area contributed by atoms with Gasteiger partial charge in [0.15, 0.2) is 0 Å². The van der Waals surface area contributed by atoms with Gasteiger partial charge in [-0.2, -0.15) is 12.6 Å². The van der Waals surface area contributed by atoms with Crippen LogP contribution in [-0.4, -0.2) is 27.1 Å². The summed E-state index contributed by atoms with van der Waals surface area (Å²) in [5.74, 6) is 0.127. The van der Waals surface area contributed by atoms with Crippen LogP contribution in [-0.2, 0) is 0 Å². The molecular weight excluding hydrogens is 245 g/mol. The molecule has 0 aliphatic carbocycles. The highest BCUT2D eigenvalue weighted by Gasteiger charge is 2.20. The van der Waals surface area contributed by atoms with Crippen LogP contribution in [0, 0.1) is 0 Å². The van der Waals surface area contributed by atoms with Crippen LogP contribution < -0.4 is 0 Å². The summed E-state index contributed by atoms with van der Waals surface area (Å²) in [4.78, 5) is 3.84. The minimum atomic E-state index is -1.14. The number of pyridine rings is 1. The molecule has 0 saturated carbocycles. The van der Waals surface area contributed by atoms with Gasteiger partial charge in [0, 0.05) is 11.9 Å². The van der Waals surface area contributed by atoms with Gasteiger partial charge in [0.05, 0.1) is 21.8 Å². The average Bonchev–Trinajstić information content (AvgIpc) is 2.15. The van der Waals surface area contributed by atoms with E-state index in [-0.39, 0.29) is 16.5 Å². The lowest BCUT2D eigenvalue weighted by molar-refractivity contribution is 0.0311. The monoisotopic (exact) mass is 253 g/mol. The van der Waals surface area contributed by atoms with Crippen molar-refractivity contribution in [1.29, 1.82) is 0 Å². The van der Waals surface area contributed by atoms with E-state index in [4.69, 9.17) is 23.2 Å². The second kappa shape index (κ2) is 5.19. The van der Waals surface area contributed by atoms with Crippen LogP contribution in [0.1, 0.15) is 11.8 Å². The zero-order chi connectivity index (χ0) is 10.7. The van der Waals surface area contributed by atoms with Crippen molar-refractivity contribution >= 4 is 35.8 Å². The Bertz CT molecular complexity index is 324. The lowest BCUT2D eigenvalue weighted by Crippen LogP contribution is -2.21. The summed E-state index contributed by atoms with van der Waals surface area (Å²) < 4.78 is 0. The van der Waals surface area contributed by atoms with E-state index in [0.29, 0.717) is 5.02 Å². The van der Waals surface area contributed by atoms with Crippen LogP contribution in [0.3, 0.4) is 0 Å². The first-order valence-corrected chi connectivity index (χ1v) is 5.23. The summed E-state index contributed by atoms with van der Waals surface area (Å²) in [7, 11) is 0. The van der Waals surface area contributed by atoms with Gasteiger partial charge in [-0.1, -0.05) is 23.2 Å². The molecule has 14 heavy (non-hydrogen) atoms. The van der Waals surface area contributed by atoms with Crippen molar-refractivity contribution in [3.63, 3.8) is 0 Å². The molecule has 1 aromatic rings. The largest absolute Gasteiger partial charge is 0.389 e. The molecule has 2 N–H and O–H groups in total. The summed E-state index contributed by atoms with van der Waals surface area (Å²) in [6, 6.07) is 1.46. The Morgan fingerprint density at radius 3 is 2.57 bits per heavy atom. The van der Waals surface area contributed by atoms with E-state index in [1.54, 1.807) is 0 Å². The number of halogens is 2. The standard InChI is InChI=1S/C8H9Cl2NO2S/c9-4-1-5(10)7(11-2-4)8(13)6(12)3-14/h1-2,6,8,12-14H,3H2. The molecule has 6 heteroatoms. The molecule has 0 aliphatic rings. The predicted octanol–water partition coefficient (Wildman–Crippen LogP) is 1.71. The highest BCUT2D eigenvalue weighted by molar-refractivity contribution is 7.80. The molecule has 3 nitrogen and oxygen atoms in total. The van der Waals surface area contributed by atoms with Gasteiger partial charge in [0.1, 0.15) is 6.10 Å². The summed E-state index contributed by atoms with van der Waals surface area (Å²) in [6.45, 7) is 0. The van der Waals surface area contributed by atoms with E-state index < -0.39 is 12.2 Å². The molecule has 0 radical (unpaired) electrons. The molecule has 0 aliphatic heterocycles. The van der Waals surface area contributed by atoms with Gasteiger partial charge in [0.2, 0.25) is 0 Å². The van der Waals surface area contributed by atoms with E-state index in [1.807, 2.05) is 0 Å². The normalized spacial score (nSPS) is 15.2. The molecule has 1 aromatic heterocycles. The van der Waals surface area contributed by atoms with Gasteiger partial charge < -0.3 is 10.2 Å². The van der Waals surface area contributed by atoms with E-state index in [0.717, 1.165) is 0 Å². The quantitative estimate of drug-likeness (QED) is 0.720. The first-order chi connectivity index (χ1) is 6.56. The zero-order valence-corrected chi connectivity index (χ0v) is 9.47. The highest BCUT2D eigenvalue weighted by atomic mass is 35.5. The van der Waals surface area contributed by atoms with Crippen LogP contribution in [0.2, 0.25) is 10.0 Å². The van der Waals surface area contributed by atoms with Gasteiger partial charge in [0.25, 0.3) is 0 Å². The van der Waals surface area contributed by atoms with Gasteiger partial charge >= 0.3 is 0 Å². The van der Waals surface area contributed by atoms with Crippen LogP contribution >= 0.6 is 35.8 Å². The van der Waals surface area contributed by atoms with E-state index in [1.165, 1.54) is 12.3 Å². The maximum absolute atomic E-state index is 9.57. The van der Waals surface area contributed by atoms with Crippen molar-refractivity contribution in [2.24, 2.45) is 0 Å². The smallest absolute Gasteiger partial charge is 0.124 e. The van der Waals surface area contributed by atoms with Gasteiger partial charge in [-0.15, -0.1) is 0 Å². The minimum absolute atomic E-state index is 0.127. The fraction of sp³-hybridized carbons (Fsp3) is 0.375. The molecular formula is C8H9Cl2NO2S. The summed E-state index contributed by atoms with van der Waals surface area (Å²) in [5.41, 5.74) is 0.206. The SMILES string of the molecule is OC(CS)C(O)c1ncc(Cl)cc1Cl. The molecule has 0 aromatic carbocycles. The third kappa shape index (κ3) is 2.74. The second-order valence-electron chi connectivity index (χ2n) is 2.72. The molecule has 1 rings (SSSR count). The molecule has 0 fully saturated rings. The Labute approximate surface area is 97.1 Å². The van der Waals surface area contributed by atoms with E-state index in [9.17, 15) is 10.2 Å². The number of hydrogen-bond donors (Lipinski definition) is 3. The summed E-state index contributed by atoms with van der Waals surface area (Å²) in [5, 5.41) is 19.5. The van der Waals surface area contributed by atoms with Crippen molar-refractivity contribution < 1.29 is 10.2 Å². The first kappa shape index (κ1) is 12.1. The average molecular weight is 254 g/mol. The number of rotatable bonds is 3. The number of aliphatic hydroxyl groups is 2.